The molecule has 2 aromatic carbocycles. The van der Waals surface area contributed by atoms with Gasteiger partial charge in [-0.1, -0.05) is 53.5 Å². The number of carbonyl (C=O) groups excluding carboxylic acids is 1. The topological polar surface area (TPSA) is 51.1 Å². The zero-order valence-corrected chi connectivity index (χ0v) is 15.9. The Balaban J connectivity index is 2.02. The Morgan fingerprint density at radius 1 is 1.23 bits per heavy atom. The first-order valence-electron chi connectivity index (χ1n) is 8.17. The predicted octanol–water partition coefficient (Wildman–Crippen LogP) is 5.61. The van der Waals surface area contributed by atoms with E-state index < -0.39 is 11.7 Å². The fourth-order valence-corrected chi connectivity index (χ4v) is 3.41. The van der Waals surface area contributed by atoms with E-state index in [0.29, 0.717) is 22.2 Å². The normalized spacial score (nSPS) is 19.2. The molecule has 1 heterocycles. The summed E-state index contributed by atoms with van der Waals surface area (Å²) in [6.45, 7) is 3.96. The lowest BCUT2D eigenvalue weighted by atomic mass is 9.88. The quantitative estimate of drug-likeness (QED) is 0.637. The number of halogens is 2. The van der Waals surface area contributed by atoms with E-state index in [1.54, 1.807) is 30.1 Å². The molecular weight excluding hydrogens is 375 g/mol. The van der Waals surface area contributed by atoms with Crippen molar-refractivity contribution in [3.63, 3.8) is 0 Å². The van der Waals surface area contributed by atoms with Crippen LogP contribution in [0.1, 0.15) is 25.8 Å². The number of hydrazone groups is 1. The van der Waals surface area contributed by atoms with E-state index in [0.717, 1.165) is 5.56 Å². The fraction of sp³-hybridized carbons (Fsp3) is 0.263. The van der Waals surface area contributed by atoms with Crippen molar-refractivity contribution >= 4 is 40.9 Å². The Morgan fingerprint density at radius 2 is 1.96 bits per heavy atom. The van der Waals surface area contributed by atoms with E-state index in [1.165, 1.54) is 0 Å². The second-order valence-electron chi connectivity index (χ2n) is 6.00. The summed E-state index contributed by atoms with van der Waals surface area (Å²) in [6.07, 6.45) is -0.389. The number of hydrogen-bond acceptors (Lipinski definition) is 5. The number of benzene rings is 2. The van der Waals surface area contributed by atoms with Gasteiger partial charge in [0.25, 0.3) is 0 Å². The van der Waals surface area contributed by atoms with Crippen molar-refractivity contribution in [2.75, 3.05) is 11.6 Å². The van der Waals surface area contributed by atoms with Crippen molar-refractivity contribution in [3.8, 4) is 0 Å². The summed E-state index contributed by atoms with van der Waals surface area (Å²) in [5, 5.41) is 7.25. The molecule has 136 valence electrons. The van der Waals surface area contributed by atoms with Crippen LogP contribution in [0.25, 0.3) is 0 Å². The summed E-state index contributed by atoms with van der Waals surface area (Å²) in [5.41, 5.74) is 1.10. The zero-order chi connectivity index (χ0) is 18.7. The summed E-state index contributed by atoms with van der Waals surface area (Å²) in [4.78, 5) is 11.7. The molecule has 2 aromatic rings. The average Bonchev–Trinajstić information content (AvgIpc) is 2.93. The molecule has 1 unspecified atom stereocenters. The first-order chi connectivity index (χ1) is 12.4. The molecule has 7 heteroatoms. The molecule has 0 bridgehead atoms. The van der Waals surface area contributed by atoms with Crippen LogP contribution in [0.15, 0.2) is 53.6 Å². The molecule has 0 spiro atoms. The first kappa shape index (κ1) is 18.5. The van der Waals surface area contributed by atoms with Crippen LogP contribution in [0.2, 0.25) is 10.0 Å². The molecule has 0 fully saturated rings. The van der Waals surface area contributed by atoms with Crippen molar-refractivity contribution in [1.29, 1.82) is 0 Å². The number of rotatable bonds is 3. The van der Waals surface area contributed by atoms with Crippen molar-refractivity contribution < 1.29 is 14.3 Å². The van der Waals surface area contributed by atoms with E-state index >= 15 is 0 Å². The minimum Gasteiger partial charge on any atom is -0.434 e. The van der Waals surface area contributed by atoms with E-state index in [4.69, 9.17) is 32.7 Å². The fourth-order valence-electron chi connectivity index (χ4n) is 2.92. The highest BCUT2D eigenvalue weighted by Gasteiger charge is 2.43. The van der Waals surface area contributed by atoms with Crippen LogP contribution < -0.4 is 5.01 Å². The first-order valence-corrected chi connectivity index (χ1v) is 8.92. The molecule has 1 aliphatic heterocycles. The minimum atomic E-state index is -0.772. The van der Waals surface area contributed by atoms with Gasteiger partial charge in [-0.05, 0) is 37.6 Å². The van der Waals surface area contributed by atoms with E-state index in [1.807, 2.05) is 37.3 Å². The zero-order valence-electron chi connectivity index (χ0n) is 14.4. The summed E-state index contributed by atoms with van der Waals surface area (Å²) >= 11 is 12.4. The molecular formula is C19H18Cl2N2O3. The third kappa shape index (κ3) is 3.64. The van der Waals surface area contributed by atoms with Crippen LogP contribution in [0.4, 0.5) is 10.5 Å². The highest BCUT2D eigenvalue weighted by Crippen LogP contribution is 2.43. The second kappa shape index (κ2) is 7.56. The molecule has 0 saturated heterocycles. The number of ether oxygens (including phenoxy) is 2. The second-order valence-corrected chi connectivity index (χ2v) is 6.85. The van der Waals surface area contributed by atoms with Crippen molar-refractivity contribution in [1.82, 2.24) is 0 Å². The SMILES string of the molecule is CCOC(=O)OC1=NN(c2ccc(Cl)cc2Cl)C(C)(c2ccccc2)C1. The Kier molecular flexibility index (Phi) is 5.39. The Bertz CT molecular complexity index is 842. The molecule has 0 amide bonds. The van der Waals surface area contributed by atoms with Crippen LogP contribution in [-0.2, 0) is 15.0 Å². The van der Waals surface area contributed by atoms with Gasteiger partial charge >= 0.3 is 6.16 Å². The lowest BCUT2D eigenvalue weighted by Gasteiger charge is -2.34. The van der Waals surface area contributed by atoms with Gasteiger partial charge in [0.2, 0.25) is 5.90 Å². The molecule has 0 aliphatic carbocycles. The van der Waals surface area contributed by atoms with Gasteiger partial charge < -0.3 is 9.47 Å². The lowest BCUT2D eigenvalue weighted by molar-refractivity contribution is 0.0994. The van der Waals surface area contributed by atoms with Gasteiger partial charge in [0.1, 0.15) is 0 Å². The molecule has 26 heavy (non-hydrogen) atoms. The molecule has 1 aliphatic rings. The molecule has 0 aromatic heterocycles. The number of hydrogen-bond donors (Lipinski definition) is 0. The maximum absolute atomic E-state index is 11.7. The lowest BCUT2D eigenvalue weighted by Crippen LogP contribution is -2.37. The highest BCUT2D eigenvalue weighted by molar-refractivity contribution is 6.36. The average molecular weight is 393 g/mol. The molecule has 5 nitrogen and oxygen atoms in total. The maximum atomic E-state index is 11.7. The van der Waals surface area contributed by atoms with Crippen LogP contribution in [0.3, 0.4) is 0 Å². The minimum absolute atomic E-state index is 0.231. The van der Waals surface area contributed by atoms with Crippen molar-refractivity contribution in [3.05, 3.63) is 64.1 Å². The molecule has 0 saturated carbocycles. The van der Waals surface area contributed by atoms with Gasteiger partial charge in [-0.15, -0.1) is 5.10 Å². The van der Waals surface area contributed by atoms with Crippen molar-refractivity contribution in [2.45, 2.75) is 25.8 Å². The van der Waals surface area contributed by atoms with E-state index in [2.05, 4.69) is 5.10 Å². The third-order valence-corrected chi connectivity index (χ3v) is 4.71. The van der Waals surface area contributed by atoms with Gasteiger partial charge in [0.15, 0.2) is 0 Å². The maximum Gasteiger partial charge on any atom is 0.514 e. The van der Waals surface area contributed by atoms with Crippen LogP contribution in [-0.4, -0.2) is 18.7 Å². The monoisotopic (exact) mass is 392 g/mol. The summed E-state index contributed by atoms with van der Waals surface area (Å²) < 4.78 is 10.1. The summed E-state index contributed by atoms with van der Waals surface area (Å²) in [6, 6.07) is 15.0. The van der Waals surface area contributed by atoms with Crippen LogP contribution >= 0.6 is 23.2 Å². The molecule has 3 rings (SSSR count). The predicted molar refractivity (Wildman–Crippen MR) is 103 cm³/mol. The van der Waals surface area contributed by atoms with Gasteiger partial charge in [-0.25, -0.2) is 9.80 Å². The largest absolute Gasteiger partial charge is 0.514 e. The molecule has 0 radical (unpaired) electrons. The number of carbonyl (C=O) groups is 1. The Hall–Kier alpha value is -2.24. The standard InChI is InChI=1S/C19H18Cl2N2O3/c1-3-25-18(24)26-17-12-19(2,13-7-5-4-6-8-13)23(22-17)16-10-9-14(20)11-15(16)21/h4-11H,3,12H2,1-2H3. The van der Waals surface area contributed by atoms with Gasteiger partial charge in [0, 0.05) is 5.02 Å². The molecule has 1 atom stereocenters. The van der Waals surface area contributed by atoms with Crippen LogP contribution in [0.5, 0.6) is 0 Å². The van der Waals surface area contributed by atoms with Crippen molar-refractivity contribution in [2.24, 2.45) is 5.10 Å². The van der Waals surface area contributed by atoms with E-state index in [9.17, 15) is 4.79 Å². The third-order valence-electron chi connectivity index (χ3n) is 4.17. The Labute approximate surface area is 162 Å². The summed E-state index contributed by atoms with van der Waals surface area (Å²) in [5.74, 6) is 0.265. The smallest absolute Gasteiger partial charge is 0.434 e. The van der Waals surface area contributed by atoms with Gasteiger partial charge in [-0.2, -0.15) is 0 Å². The number of nitrogens with zero attached hydrogens (tertiary/aromatic N) is 2. The highest BCUT2D eigenvalue weighted by atomic mass is 35.5. The number of anilines is 1. The van der Waals surface area contributed by atoms with E-state index in [-0.39, 0.29) is 12.5 Å². The molecule has 0 N–H and O–H groups in total. The Morgan fingerprint density at radius 3 is 2.62 bits per heavy atom. The summed E-state index contributed by atoms with van der Waals surface area (Å²) in [7, 11) is 0. The van der Waals surface area contributed by atoms with Gasteiger partial charge in [-0.3, -0.25) is 0 Å². The van der Waals surface area contributed by atoms with Gasteiger partial charge in [0.05, 0.1) is 29.3 Å². The van der Waals surface area contributed by atoms with Crippen LogP contribution in [0, 0.1) is 0 Å².